The van der Waals surface area contributed by atoms with Crippen molar-refractivity contribution in [3.63, 3.8) is 0 Å². The van der Waals surface area contributed by atoms with Gasteiger partial charge >= 0.3 is 60.4 Å². The number of cyclic esters (lactones) is 2. The minimum Gasteiger partial charge on any atom is -0.460 e. The summed E-state index contributed by atoms with van der Waals surface area (Å²) in [6.45, 7) is 16.8. The van der Waals surface area contributed by atoms with Crippen LogP contribution in [0.25, 0.3) is 0 Å². The molecule has 1 saturated heterocycles. The van der Waals surface area contributed by atoms with Crippen LogP contribution < -0.4 is 44.2 Å². The number of ether oxygens (including phenoxy) is 11. The van der Waals surface area contributed by atoms with Gasteiger partial charge in [0.15, 0.2) is 0 Å². The van der Waals surface area contributed by atoms with Crippen molar-refractivity contribution in [3.05, 3.63) is 215 Å². The van der Waals surface area contributed by atoms with Gasteiger partial charge in [-0.3, -0.25) is 28.8 Å². The minimum absolute atomic E-state index is 0.0144. The molecule has 1 aliphatic heterocycles. The second-order valence-electron chi connectivity index (χ2n) is 36.5. The van der Waals surface area contributed by atoms with Gasteiger partial charge in [-0.2, -0.15) is 0 Å². The van der Waals surface area contributed by atoms with E-state index in [0.29, 0.717) is 84.2 Å². The molecule has 0 radical (unpaired) electrons. The van der Waals surface area contributed by atoms with Gasteiger partial charge in [0.2, 0.25) is 0 Å². The Bertz CT molecular complexity index is 4160. The summed E-state index contributed by atoms with van der Waals surface area (Å²) in [6.07, 6.45) is 6.45. The fourth-order valence-electron chi connectivity index (χ4n) is 13.6. The van der Waals surface area contributed by atoms with E-state index in [1.807, 2.05) is 84.9 Å². The zero-order chi connectivity index (χ0) is 106. The van der Waals surface area contributed by atoms with E-state index < -0.39 is 140 Å². The number of Topliss-reactive ketones (excluding diaryl/α,β-unsaturated/α-hetero) is 1. The Balaban J connectivity index is 0.000000682. The number of benzene rings is 6. The van der Waals surface area contributed by atoms with Gasteiger partial charge in [0, 0.05) is 34.0 Å². The Morgan fingerprint density at radius 3 is 0.750 bits per heavy atom. The molecule has 7 rings (SSSR count). The van der Waals surface area contributed by atoms with E-state index in [9.17, 15) is 73.2 Å². The Hall–Kier alpha value is -11.8. The van der Waals surface area contributed by atoms with Crippen LogP contribution in [0.4, 0.5) is 24.0 Å². The number of alkyl carbamates (subject to hydrolysis) is 4. The lowest BCUT2D eigenvalue weighted by Crippen LogP contribution is -2.44. The molecule has 38 heteroatoms. The number of aliphatic hydroxyl groups is 4. The molecule has 6 aromatic carbocycles. The quantitative estimate of drug-likeness (QED) is 0.00960. The molecule has 1 fully saturated rings. The molecule has 1 aliphatic rings. The summed E-state index contributed by atoms with van der Waals surface area (Å²) < 4.78 is 64.4. The number of nitrogens with two attached hydrogens (primary N) is 4. The lowest BCUT2D eigenvalue weighted by molar-refractivity contribution is -0.167. The monoisotopic (exact) mass is 2020 g/mol. The molecule has 0 spiro atoms. The number of carbonyl (C=O) groups is 11. The number of unbranched alkanes of at least 4 members (excludes halogenated alkanes) is 2. The maximum absolute atomic E-state index is 12.9. The second kappa shape index (κ2) is 73.3. The first kappa shape index (κ1) is 123. The number of amides is 4. The lowest BCUT2D eigenvalue weighted by atomic mass is 9.93. The molecule has 4 unspecified atom stereocenters. The molecule has 4 amide bonds. The van der Waals surface area contributed by atoms with Gasteiger partial charge < -0.3 is 136 Å². The van der Waals surface area contributed by atoms with Crippen LogP contribution in [0.3, 0.4) is 0 Å². The standard InChI is InChI=1S/C68H96N6O20.C16H40N6.C13H14O5.C9H10O/c1-65(45-75,57(79)87-41-53-23-9-5-10-24-53)49-91-61(83)69-31-19-37-73(38-20-32-70-62(84)92-50-66(2,46-76)58(80)88-42-54-25-11-6-12-26-54)35-17-18-36-74(39-21-33-71-63(85)93-51-67(3,47-77)59(81)89-43-55-27-13-7-14-28-55)40-22-34-72-64(86)94-52-68(4,48-78)60(82)90-44-56-29-15-8-16-30-56;17-7-3-13-21(14-4-8-18)11-1-2-12-22(15-5-9-19)16-6-10-20;1-13(8-17-12(15)18-9-13)11(14)16-7-10-5-3-2-4-6-10;1-8(10)7-9-5-3-2-4-6-9/h5-16,23-30,75-78H,17-22,31-52H2,1-4H3,(H,69,83)(H,70,84)(H,71,85)(H,72,86);1-20H2;2-6H,7-9H2,1H3;2-6H,7H2,1H3/i;;;1T. The fraction of sp³-hybridized carbons (Fsp3) is 0.557. The lowest BCUT2D eigenvalue weighted by Gasteiger charge is -2.29. The van der Waals surface area contributed by atoms with Crippen LogP contribution in [0.5, 0.6) is 0 Å². The Morgan fingerprint density at radius 1 is 0.326 bits per heavy atom. The maximum atomic E-state index is 12.9. The second-order valence-corrected chi connectivity index (χ2v) is 36.5. The van der Waals surface area contributed by atoms with E-state index in [0.717, 1.165) is 125 Å². The molecule has 16 N–H and O–H groups in total. The van der Waals surface area contributed by atoms with Gasteiger partial charge in [-0.05, 0) is 257 Å². The molecule has 4 atom stereocenters. The SMILES string of the molecule is CC(CO)(COC(=O)NCCCN(CCCCN(CCCNC(=O)OCC(C)(CO)C(=O)OCc1ccccc1)CCCNC(=O)OCC(C)(CO)C(=O)OCc1ccccc1)CCCNC(=O)OCC(C)(CO)C(=O)OCc1ccccc1)C(=O)OCc1ccccc1.CC1(C(=O)OCc2ccccc2)COC(=O)OC1.NCCCN(CCCN)CCCCN(CCCN)CCCN.[3H]CC(=O)Cc1ccccc1. The van der Waals surface area contributed by atoms with Gasteiger partial charge in [0.25, 0.3) is 0 Å². The predicted octanol–water partition coefficient (Wildman–Crippen LogP) is 9.29. The number of hydrogen-bond donors (Lipinski definition) is 12. The van der Waals surface area contributed by atoms with Crippen molar-refractivity contribution in [2.45, 2.75) is 158 Å². The number of aliphatic hydroxyl groups excluding tert-OH is 4. The third kappa shape index (κ3) is 53.7. The summed E-state index contributed by atoms with van der Waals surface area (Å²) in [6, 6.07) is 54.9. The van der Waals surface area contributed by atoms with Crippen LogP contribution in [0.15, 0.2) is 182 Å². The highest BCUT2D eigenvalue weighted by atomic mass is 16.7. The van der Waals surface area contributed by atoms with Gasteiger partial charge in [-0.25, -0.2) is 24.0 Å². The highest BCUT2D eigenvalue weighted by Gasteiger charge is 2.43. The third-order valence-electron chi connectivity index (χ3n) is 23.1. The first-order valence-electron chi connectivity index (χ1n) is 50.1. The van der Waals surface area contributed by atoms with Gasteiger partial charge in [0.05, 0.1) is 26.4 Å². The first-order chi connectivity index (χ1) is 69.9. The molecule has 0 bridgehead atoms. The molecular weight excluding hydrogens is 1860 g/mol. The normalized spacial score (nSPS) is 13.6. The van der Waals surface area contributed by atoms with E-state index in [1.165, 1.54) is 40.5 Å². The molecule has 38 nitrogen and oxygen atoms in total. The summed E-state index contributed by atoms with van der Waals surface area (Å²) in [7, 11) is 0. The van der Waals surface area contributed by atoms with Crippen LogP contribution in [0, 0.1) is 27.1 Å². The van der Waals surface area contributed by atoms with Gasteiger partial charge in [0.1, 0.15) is 106 Å². The highest BCUT2D eigenvalue weighted by molar-refractivity contribution is 5.81. The minimum atomic E-state index is -1.51. The van der Waals surface area contributed by atoms with E-state index in [-0.39, 0.29) is 85.1 Å². The van der Waals surface area contributed by atoms with Crippen LogP contribution in [-0.2, 0) is 120 Å². The zero-order valence-electron chi connectivity index (χ0n) is 85.8. The Labute approximate surface area is 849 Å². The molecule has 800 valence electrons. The number of nitrogens with zero attached hydrogens (tertiary/aromatic N) is 4. The summed E-state index contributed by atoms with van der Waals surface area (Å²) in [5.41, 5.74) is 20.4. The van der Waals surface area contributed by atoms with Crippen molar-refractivity contribution in [1.82, 2.24) is 40.9 Å². The van der Waals surface area contributed by atoms with Gasteiger partial charge in [-0.1, -0.05) is 182 Å². The maximum Gasteiger partial charge on any atom is 0.508 e. The summed E-state index contributed by atoms with van der Waals surface area (Å²) in [4.78, 5) is 146. The molecule has 0 aromatic heterocycles. The zero-order valence-corrected chi connectivity index (χ0v) is 84.8. The molecule has 0 aliphatic carbocycles. The van der Waals surface area contributed by atoms with Crippen molar-refractivity contribution >= 4 is 66.2 Å². The van der Waals surface area contributed by atoms with Crippen LogP contribution >= 0.6 is 0 Å². The van der Waals surface area contributed by atoms with Gasteiger partial charge in [-0.15, -0.1) is 0 Å². The molecule has 0 saturated carbocycles. The van der Waals surface area contributed by atoms with E-state index >= 15 is 0 Å². The molecular formula is C106H160N12O26. The van der Waals surface area contributed by atoms with E-state index in [2.05, 4.69) is 40.9 Å². The van der Waals surface area contributed by atoms with Crippen LogP contribution in [-0.4, -0.2) is 303 Å². The highest BCUT2D eigenvalue weighted by Crippen LogP contribution is 2.27. The Morgan fingerprint density at radius 2 is 0.535 bits per heavy atom. The van der Waals surface area contributed by atoms with E-state index in [1.54, 1.807) is 104 Å². The third-order valence-corrected chi connectivity index (χ3v) is 23.1. The number of nitrogens with one attached hydrogen (secondary N) is 4. The number of esters is 5. The van der Waals surface area contributed by atoms with Crippen molar-refractivity contribution < 1.29 is 127 Å². The number of ketones is 1. The summed E-state index contributed by atoms with van der Waals surface area (Å²) >= 11 is 0. The largest absolute Gasteiger partial charge is 0.508 e. The fourth-order valence-corrected chi connectivity index (χ4v) is 13.6. The Kier molecular flexibility index (Phi) is 62.4. The van der Waals surface area contributed by atoms with Crippen molar-refractivity contribution in [2.24, 2.45) is 50.0 Å². The summed E-state index contributed by atoms with van der Waals surface area (Å²) in [5.74, 6) is -3.40. The topological polar surface area (TPSA) is 535 Å². The number of carbonyl (C=O) groups excluding carboxylic acids is 11. The number of rotatable bonds is 67. The van der Waals surface area contributed by atoms with Crippen LogP contribution in [0.1, 0.15) is 153 Å². The average molecular weight is 2020 g/mol. The van der Waals surface area contributed by atoms with Crippen molar-refractivity contribution in [3.8, 4) is 0 Å². The van der Waals surface area contributed by atoms with Crippen molar-refractivity contribution in [1.29, 1.82) is 0 Å². The summed E-state index contributed by atoms with van der Waals surface area (Å²) in [5, 5.41) is 51.1. The van der Waals surface area contributed by atoms with Crippen molar-refractivity contribution in [2.75, 3.05) is 197 Å². The van der Waals surface area contributed by atoms with E-state index in [4.69, 9.17) is 76.4 Å². The predicted molar refractivity (Wildman–Crippen MR) is 543 cm³/mol. The first-order valence-corrected chi connectivity index (χ1v) is 49.4. The average Bonchev–Trinajstić information content (AvgIpc) is 0.822. The molecule has 6 aromatic rings. The number of hydrogen-bond acceptors (Lipinski definition) is 34. The molecule has 144 heavy (non-hydrogen) atoms. The molecule has 1 heterocycles. The smallest absolute Gasteiger partial charge is 0.460 e. The van der Waals surface area contributed by atoms with Crippen LogP contribution in [0.2, 0.25) is 0 Å².